The van der Waals surface area contributed by atoms with Gasteiger partial charge >= 0.3 is 0 Å². The molecule has 0 radical (unpaired) electrons. The summed E-state index contributed by atoms with van der Waals surface area (Å²) in [6, 6.07) is 10.3. The van der Waals surface area contributed by atoms with Crippen LogP contribution in [0.3, 0.4) is 0 Å². The number of nitrogens with two attached hydrogens (primary N) is 1. The van der Waals surface area contributed by atoms with E-state index in [2.05, 4.69) is 15.3 Å². The maximum Gasteiger partial charge on any atom is 0.212 e. The van der Waals surface area contributed by atoms with Crippen LogP contribution in [-0.2, 0) is 4.79 Å². The molecule has 5 nitrogen and oxygen atoms in total. The summed E-state index contributed by atoms with van der Waals surface area (Å²) in [5.74, 6) is 0.0150. The highest BCUT2D eigenvalue weighted by Gasteiger charge is 2.09. The van der Waals surface area contributed by atoms with Gasteiger partial charge in [-0.3, -0.25) is 9.78 Å². The number of nitrogen functional groups attached to an aromatic ring is 1. The van der Waals surface area contributed by atoms with Gasteiger partial charge in [-0.05, 0) is 60.0 Å². The first-order chi connectivity index (χ1) is 11.6. The predicted octanol–water partition coefficient (Wildman–Crippen LogP) is 3.41. The van der Waals surface area contributed by atoms with E-state index in [0.717, 1.165) is 22.3 Å². The second kappa shape index (κ2) is 6.45. The summed E-state index contributed by atoms with van der Waals surface area (Å²) in [5.41, 5.74) is 9.83. The van der Waals surface area contributed by atoms with E-state index in [-0.39, 0.29) is 5.69 Å². The molecule has 0 aliphatic heterocycles. The Morgan fingerprint density at radius 1 is 1.08 bits per heavy atom. The number of halogens is 1. The Morgan fingerprint density at radius 2 is 1.83 bits per heavy atom. The van der Waals surface area contributed by atoms with Crippen LogP contribution in [0.5, 0.6) is 0 Å². The third-order valence-electron chi connectivity index (χ3n) is 3.68. The van der Waals surface area contributed by atoms with Crippen LogP contribution in [-0.4, -0.2) is 16.4 Å². The molecule has 0 spiro atoms. The van der Waals surface area contributed by atoms with E-state index in [1.54, 1.807) is 30.6 Å². The molecule has 0 unspecified atom stereocenters. The number of amides is 1. The van der Waals surface area contributed by atoms with Crippen molar-refractivity contribution in [3.63, 3.8) is 0 Å². The van der Waals surface area contributed by atoms with E-state index >= 15 is 0 Å². The van der Waals surface area contributed by atoms with Crippen molar-refractivity contribution < 1.29 is 9.18 Å². The molecule has 3 rings (SSSR count). The third-order valence-corrected chi connectivity index (χ3v) is 3.68. The summed E-state index contributed by atoms with van der Waals surface area (Å²) >= 11 is 0. The van der Waals surface area contributed by atoms with E-state index < -0.39 is 5.82 Å². The number of anilines is 2. The highest BCUT2D eigenvalue weighted by molar-refractivity contribution is 5.76. The lowest BCUT2D eigenvalue weighted by Gasteiger charge is -2.10. The summed E-state index contributed by atoms with van der Waals surface area (Å²) in [4.78, 5) is 18.9. The molecule has 2 heterocycles. The molecule has 6 heteroatoms. The number of benzene rings is 1. The molecule has 0 fully saturated rings. The van der Waals surface area contributed by atoms with Gasteiger partial charge in [-0.15, -0.1) is 0 Å². The van der Waals surface area contributed by atoms with Gasteiger partial charge in [0.1, 0.15) is 11.6 Å². The summed E-state index contributed by atoms with van der Waals surface area (Å²) in [5, 5.41) is 2.51. The molecule has 3 N–H and O–H groups in total. The Bertz CT molecular complexity index is 911. The number of pyridine rings is 2. The van der Waals surface area contributed by atoms with E-state index in [0.29, 0.717) is 17.9 Å². The maximum atomic E-state index is 13.6. The lowest BCUT2D eigenvalue weighted by atomic mass is 9.99. The van der Waals surface area contributed by atoms with Crippen molar-refractivity contribution in [3.05, 3.63) is 60.2 Å². The smallest absolute Gasteiger partial charge is 0.212 e. The van der Waals surface area contributed by atoms with Crippen molar-refractivity contribution in [2.24, 2.45) is 0 Å². The van der Waals surface area contributed by atoms with Gasteiger partial charge in [0.2, 0.25) is 6.41 Å². The standard InChI is InChI=1S/C18H15FN4O/c1-11-6-15(19)16(20)9-14(11)12-2-4-21-17(7-12)13-3-5-22-18(8-13)23-10-24/h2-10H,20H2,1H3,(H,22,23,24). The van der Waals surface area contributed by atoms with Crippen LogP contribution in [0.15, 0.2) is 48.8 Å². The monoisotopic (exact) mass is 322 g/mol. The van der Waals surface area contributed by atoms with Crippen molar-refractivity contribution in [2.45, 2.75) is 6.92 Å². The first-order valence-electron chi connectivity index (χ1n) is 7.27. The zero-order valence-corrected chi connectivity index (χ0v) is 13.0. The van der Waals surface area contributed by atoms with Crippen LogP contribution >= 0.6 is 0 Å². The van der Waals surface area contributed by atoms with Crippen LogP contribution in [0, 0.1) is 12.7 Å². The minimum absolute atomic E-state index is 0.107. The van der Waals surface area contributed by atoms with Gasteiger partial charge in [-0.1, -0.05) is 0 Å². The van der Waals surface area contributed by atoms with Crippen LogP contribution in [0.2, 0.25) is 0 Å². The molecule has 0 aliphatic rings. The van der Waals surface area contributed by atoms with E-state index in [9.17, 15) is 9.18 Å². The Kier molecular flexibility index (Phi) is 4.20. The number of nitrogens with zero attached hydrogens (tertiary/aromatic N) is 2. The second-order valence-corrected chi connectivity index (χ2v) is 5.31. The van der Waals surface area contributed by atoms with Crippen LogP contribution in [0.25, 0.3) is 22.4 Å². The number of hydrogen-bond acceptors (Lipinski definition) is 4. The van der Waals surface area contributed by atoms with Gasteiger partial charge in [-0.25, -0.2) is 9.37 Å². The summed E-state index contributed by atoms with van der Waals surface area (Å²) < 4.78 is 13.6. The number of nitrogens with one attached hydrogen (secondary N) is 1. The molecular formula is C18H15FN4O. The lowest BCUT2D eigenvalue weighted by Crippen LogP contribution is -1.97. The second-order valence-electron chi connectivity index (χ2n) is 5.31. The first-order valence-corrected chi connectivity index (χ1v) is 7.27. The molecule has 0 saturated heterocycles. The minimum Gasteiger partial charge on any atom is -0.396 e. The first kappa shape index (κ1) is 15.6. The summed E-state index contributed by atoms with van der Waals surface area (Å²) in [6.07, 6.45) is 3.84. The number of carbonyl (C=O) groups excluding carboxylic acids is 1. The highest BCUT2D eigenvalue weighted by atomic mass is 19.1. The van der Waals surface area contributed by atoms with Crippen LogP contribution in [0.1, 0.15) is 5.56 Å². The fraction of sp³-hybridized carbons (Fsp3) is 0.0556. The number of rotatable bonds is 4. The fourth-order valence-corrected chi connectivity index (χ4v) is 2.49. The van der Waals surface area contributed by atoms with Gasteiger partial charge in [0.25, 0.3) is 0 Å². The Hall–Kier alpha value is -3.28. The zero-order chi connectivity index (χ0) is 17.1. The Morgan fingerprint density at radius 3 is 2.62 bits per heavy atom. The van der Waals surface area contributed by atoms with Gasteiger partial charge < -0.3 is 11.1 Å². The highest BCUT2D eigenvalue weighted by Crippen LogP contribution is 2.30. The van der Waals surface area contributed by atoms with Crippen LogP contribution < -0.4 is 11.1 Å². The number of carbonyl (C=O) groups is 1. The molecule has 0 saturated carbocycles. The normalized spacial score (nSPS) is 10.4. The third kappa shape index (κ3) is 3.08. The minimum atomic E-state index is -0.427. The summed E-state index contributed by atoms with van der Waals surface area (Å²) in [7, 11) is 0. The lowest BCUT2D eigenvalue weighted by molar-refractivity contribution is -0.105. The fourth-order valence-electron chi connectivity index (χ4n) is 2.49. The average Bonchev–Trinajstić information content (AvgIpc) is 2.59. The Labute approximate surface area is 138 Å². The van der Waals surface area contributed by atoms with Gasteiger partial charge in [0.15, 0.2) is 0 Å². The van der Waals surface area contributed by atoms with E-state index in [1.165, 1.54) is 6.07 Å². The van der Waals surface area contributed by atoms with Crippen molar-refractivity contribution in [1.29, 1.82) is 0 Å². The van der Waals surface area contributed by atoms with Crippen molar-refractivity contribution in [2.75, 3.05) is 11.1 Å². The van der Waals surface area contributed by atoms with Crippen molar-refractivity contribution in [1.82, 2.24) is 9.97 Å². The Balaban J connectivity index is 2.05. The maximum absolute atomic E-state index is 13.6. The van der Waals surface area contributed by atoms with Gasteiger partial charge in [-0.2, -0.15) is 0 Å². The van der Waals surface area contributed by atoms with Crippen molar-refractivity contribution in [3.8, 4) is 22.4 Å². The van der Waals surface area contributed by atoms with Gasteiger partial charge in [0.05, 0.1) is 11.4 Å². The summed E-state index contributed by atoms with van der Waals surface area (Å²) in [6.45, 7) is 1.83. The SMILES string of the molecule is Cc1cc(F)c(N)cc1-c1ccnc(-c2ccnc(NC=O)c2)c1. The predicted molar refractivity (Wildman–Crippen MR) is 91.7 cm³/mol. The molecule has 120 valence electrons. The molecule has 1 amide bonds. The molecule has 1 aromatic carbocycles. The van der Waals surface area contributed by atoms with Crippen molar-refractivity contribution >= 4 is 17.9 Å². The zero-order valence-electron chi connectivity index (χ0n) is 13.0. The average molecular weight is 322 g/mol. The molecule has 24 heavy (non-hydrogen) atoms. The molecule has 3 aromatic rings. The van der Waals surface area contributed by atoms with E-state index in [4.69, 9.17) is 5.73 Å². The van der Waals surface area contributed by atoms with Gasteiger partial charge in [0, 0.05) is 18.0 Å². The largest absolute Gasteiger partial charge is 0.396 e. The van der Waals surface area contributed by atoms with E-state index in [1.807, 2.05) is 19.1 Å². The topological polar surface area (TPSA) is 80.9 Å². The molecule has 0 bridgehead atoms. The molecule has 2 aromatic heterocycles. The molecular weight excluding hydrogens is 307 g/mol. The number of hydrogen-bond donors (Lipinski definition) is 2. The quantitative estimate of drug-likeness (QED) is 0.570. The molecule has 0 aliphatic carbocycles. The number of aryl methyl sites for hydroxylation is 1. The number of aromatic nitrogens is 2. The molecule has 0 atom stereocenters. The van der Waals surface area contributed by atoms with Crippen LogP contribution in [0.4, 0.5) is 15.9 Å².